The molecule has 49 heavy (non-hydrogen) atoms. The fraction of sp³-hybridized carbons (Fsp3) is 0.600. The van der Waals surface area contributed by atoms with Gasteiger partial charge in [0, 0.05) is 0 Å². The predicted octanol–water partition coefficient (Wildman–Crippen LogP) is 12.8. The Hall–Kier alpha value is -0.463. The van der Waals surface area contributed by atoms with Crippen molar-refractivity contribution < 1.29 is 18.2 Å². The molecule has 0 aliphatic carbocycles. The third-order valence-corrected chi connectivity index (χ3v) is 51.9. The van der Waals surface area contributed by atoms with Crippen molar-refractivity contribution in [3.8, 4) is 11.5 Å². The number of hydrogen-bond acceptors (Lipinski definition) is 5. The summed E-state index contributed by atoms with van der Waals surface area (Å²) in [6.45, 7) is 13.9. The molecule has 0 spiro atoms. The van der Waals surface area contributed by atoms with E-state index in [1.54, 1.807) is 0 Å². The zero-order valence-corrected chi connectivity index (χ0v) is 39.8. The molecule has 1 heterocycles. The third-order valence-electron chi connectivity index (χ3n) is 10.1. The predicted molar refractivity (Wildman–Crippen MR) is 222 cm³/mol. The molecular formula is C40H64O4P2SSn2+2. The van der Waals surface area contributed by atoms with Gasteiger partial charge in [-0.2, -0.15) is 0 Å². The first kappa shape index (κ1) is 42.9. The minimum absolute atomic E-state index is 0.613. The number of benzene rings is 2. The summed E-state index contributed by atoms with van der Waals surface area (Å²) in [6, 6.07) is 19.3. The van der Waals surface area contributed by atoms with Gasteiger partial charge in [-0.1, -0.05) is 0 Å². The fourth-order valence-corrected chi connectivity index (χ4v) is 58.1. The van der Waals surface area contributed by atoms with Crippen molar-refractivity contribution in [2.24, 2.45) is 0 Å². The van der Waals surface area contributed by atoms with Gasteiger partial charge in [-0.15, -0.1) is 0 Å². The van der Waals surface area contributed by atoms with Crippen molar-refractivity contribution in [3.05, 3.63) is 60.7 Å². The monoisotopic (exact) mass is 942 g/mol. The second-order valence-corrected chi connectivity index (χ2v) is 45.4. The van der Waals surface area contributed by atoms with Gasteiger partial charge in [-0.25, -0.2) is 0 Å². The van der Waals surface area contributed by atoms with Crippen LogP contribution in [0.3, 0.4) is 0 Å². The van der Waals surface area contributed by atoms with Crippen LogP contribution in [-0.2, 0) is 9.13 Å². The third kappa shape index (κ3) is 12.3. The molecule has 1 aromatic heterocycles. The van der Waals surface area contributed by atoms with E-state index in [4.69, 9.17) is 9.05 Å². The molecule has 0 fully saturated rings. The molecule has 2 aromatic carbocycles. The van der Waals surface area contributed by atoms with Crippen LogP contribution in [0.4, 0.5) is 0 Å². The van der Waals surface area contributed by atoms with Crippen LogP contribution < -0.4 is 25.4 Å². The Balaban J connectivity index is 2.50. The summed E-state index contributed by atoms with van der Waals surface area (Å²) >= 11 is -4.41. The summed E-state index contributed by atoms with van der Waals surface area (Å²) in [7, 11) is -4.58. The van der Waals surface area contributed by atoms with Crippen molar-refractivity contribution in [2.45, 2.75) is 145 Å². The second-order valence-electron chi connectivity index (χ2n) is 14.0. The molecule has 2 atom stereocenters. The molecule has 0 aliphatic rings. The molecule has 0 saturated heterocycles. The second kappa shape index (κ2) is 23.3. The molecule has 3 rings (SSSR count). The van der Waals surface area contributed by atoms with Crippen LogP contribution in [0.25, 0.3) is 0 Å². The van der Waals surface area contributed by atoms with Crippen LogP contribution in [0.1, 0.15) is 119 Å². The summed E-state index contributed by atoms with van der Waals surface area (Å²) in [5.41, 5.74) is 0. The fourth-order valence-electron chi connectivity index (χ4n) is 7.24. The number of hydrogen-bond donors (Lipinski definition) is 0. The van der Waals surface area contributed by atoms with Crippen LogP contribution in [0.2, 0.25) is 26.6 Å². The molecule has 9 heteroatoms. The summed E-state index contributed by atoms with van der Waals surface area (Å²) in [5.74, 6) is 1.23. The van der Waals surface area contributed by atoms with Gasteiger partial charge in [0.2, 0.25) is 0 Å². The van der Waals surface area contributed by atoms with Gasteiger partial charge in [-0.05, 0) is 0 Å². The Morgan fingerprint density at radius 1 is 0.469 bits per heavy atom. The van der Waals surface area contributed by atoms with E-state index < -0.39 is 52.8 Å². The average Bonchev–Trinajstić information content (AvgIpc) is 3.55. The standard InChI is InChI=1S/C16H10O4P2S.6C4H9.2Sn/c17-21(19-13-7-3-1-4-8-13)15-11-23-12-16(15)22(18)20-14-9-5-2-6-10-14;6*1-3-4-2;;/h1-10H;6*1,3-4H2,2H3;;/q+2;;;;;;;;. The topological polar surface area (TPSA) is 52.6 Å². The van der Waals surface area contributed by atoms with Gasteiger partial charge in [0.25, 0.3) is 0 Å². The zero-order valence-electron chi connectivity index (χ0n) is 31.4. The van der Waals surface area contributed by atoms with E-state index in [1.165, 1.54) is 109 Å². The number of unbranched alkanes of at least 4 members (excludes halogenated alkanes) is 6. The molecule has 270 valence electrons. The Kier molecular flexibility index (Phi) is 20.4. The van der Waals surface area contributed by atoms with Crippen molar-refractivity contribution in [2.75, 3.05) is 0 Å². The summed E-state index contributed by atoms with van der Waals surface area (Å²) < 4.78 is 53.5. The SMILES string of the molecule is CCC[CH2][Sn]([CH2]CCC)([CH2]CCC)[c]1s[c]([Sn]([CH2]CCC)([CH2]CCC)[CH2]CCC)c([P+](=O)Oc2ccccc2)c1[P+](=O)Oc1ccccc1. The van der Waals surface area contributed by atoms with Gasteiger partial charge in [0.1, 0.15) is 0 Å². The van der Waals surface area contributed by atoms with Crippen molar-refractivity contribution >= 4 is 80.5 Å². The van der Waals surface area contributed by atoms with Gasteiger partial charge < -0.3 is 0 Å². The maximum atomic E-state index is 15.1. The first-order valence-electron chi connectivity index (χ1n) is 19.4. The number of rotatable bonds is 26. The van der Waals surface area contributed by atoms with Crippen molar-refractivity contribution in [1.29, 1.82) is 0 Å². The molecule has 0 N–H and O–H groups in total. The van der Waals surface area contributed by atoms with E-state index in [1.807, 2.05) is 72.0 Å². The Morgan fingerprint density at radius 2 is 0.735 bits per heavy atom. The Bertz CT molecular complexity index is 1250. The Morgan fingerprint density at radius 3 is 0.980 bits per heavy atom. The molecule has 0 bridgehead atoms. The molecule has 0 radical (unpaired) electrons. The molecule has 3 aromatic rings. The Labute approximate surface area is 313 Å². The molecule has 0 amide bonds. The number of thiophene rings is 1. The van der Waals surface area contributed by atoms with Crippen LogP contribution in [0, 0.1) is 0 Å². The number of para-hydroxylation sites is 2. The molecule has 4 nitrogen and oxygen atoms in total. The molecule has 0 saturated carbocycles. The van der Waals surface area contributed by atoms with E-state index in [-0.39, 0.29) is 0 Å². The molecule has 0 aliphatic heterocycles. The molecule has 2 unspecified atom stereocenters. The van der Waals surface area contributed by atoms with E-state index >= 15 is 9.13 Å². The van der Waals surface area contributed by atoms with E-state index in [9.17, 15) is 0 Å². The van der Waals surface area contributed by atoms with E-state index in [0.717, 1.165) is 10.6 Å². The van der Waals surface area contributed by atoms with Crippen LogP contribution in [-0.4, -0.2) is 36.8 Å². The quantitative estimate of drug-likeness (QED) is 0.0594. The van der Waals surface area contributed by atoms with Crippen LogP contribution >= 0.6 is 27.4 Å². The van der Waals surface area contributed by atoms with E-state index in [0.29, 0.717) is 11.5 Å². The van der Waals surface area contributed by atoms with Crippen molar-refractivity contribution in [1.82, 2.24) is 0 Å². The van der Waals surface area contributed by atoms with Crippen molar-refractivity contribution in [3.63, 3.8) is 0 Å². The minimum atomic E-state index is -3.23. The summed E-state index contributed by atoms with van der Waals surface area (Å²) in [4.78, 5) is 0. The zero-order chi connectivity index (χ0) is 35.5. The van der Waals surface area contributed by atoms with E-state index in [2.05, 4.69) is 41.5 Å². The maximum absolute atomic E-state index is 15.1. The summed E-state index contributed by atoms with van der Waals surface area (Å²) in [6.07, 6.45) is 14.3. The van der Waals surface area contributed by atoms with Gasteiger partial charge in [0.15, 0.2) is 0 Å². The van der Waals surface area contributed by atoms with Gasteiger partial charge in [0.05, 0.1) is 0 Å². The molecular weight excluding hydrogens is 876 g/mol. The van der Waals surface area contributed by atoms with Gasteiger partial charge in [-0.3, -0.25) is 0 Å². The first-order chi connectivity index (χ1) is 23.8. The van der Waals surface area contributed by atoms with Crippen LogP contribution in [0.15, 0.2) is 60.7 Å². The normalized spacial score (nSPS) is 12.6. The van der Waals surface area contributed by atoms with Gasteiger partial charge >= 0.3 is 316 Å². The summed E-state index contributed by atoms with van der Waals surface area (Å²) in [5, 5.41) is 1.64. The first-order valence-corrected chi connectivity index (χ1v) is 37.6. The average molecular weight is 940 g/mol. The van der Waals surface area contributed by atoms with Crippen LogP contribution in [0.5, 0.6) is 11.5 Å².